The van der Waals surface area contributed by atoms with Crippen molar-refractivity contribution in [1.82, 2.24) is 9.97 Å². The molecule has 6 heteroatoms. The molecule has 2 aliphatic carbocycles. The first kappa shape index (κ1) is 37.4. The van der Waals surface area contributed by atoms with Crippen LogP contribution in [0.25, 0.3) is 34.7 Å². The van der Waals surface area contributed by atoms with Gasteiger partial charge in [-0.2, -0.15) is 0 Å². The Morgan fingerprint density at radius 3 is 1.37 bits per heavy atom. The SMILES string of the molecule is CC1=Cc2c(-c3ccccn3)cc(C(C)C)cc2[CH]1[Hf]([CH3])(=[SiH2])([c]1ccccc1)[CH]1C(C)=Cc2c(-c3ccccn3)cc(C(C)C)cc21.Cl.Cl. The summed E-state index contributed by atoms with van der Waals surface area (Å²) >= 11 is -4.41. The zero-order valence-electron chi connectivity index (χ0n) is 29.7. The molecular weight excluding hydrogens is 822 g/mol. The summed E-state index contributed by atoms with van der Waals surface area (Å²) in [7, 11) is 0. The van der Waals surface area contributed by atoms with Crippen molar-refractivity contribution in [2.45, 2.75) is 65.4 Å². The molecule has 2 nitrogen and oxygen atoms in total. The topological polar surface area (TPSA) is 25.8 Å². The van der Waals surface area contributed by atoms with Gasteiger partial charge in [0.15, 0.2) is 0 Å². The van der Waals surface area contributed by atoms with Gasteiger partial charge in [0.25, 0.3) is 0 Å². The van der Waals surface area contributed by atoms with Crippen LogP contribution in [-0.4, -0.2) is 16.9 Å². The summed E-state index contributed by atoms with van der Waals surface area (Å²) in [5, 5.41) is 0. The molecule has 252 valence electrons. The van der Waals surface area contributed by atoms with Crippen LogP contribution in [0.2, 0.25) is 4.68 Å². The fraction of sp³-hybridized carbons (Fsp3) is 0.256. The van der Waals surface area contributed by atoms with Gasteiger partial charge in [0.1, 0.15) is 0 Å². The third-order valence-electron chi connectivity index (χ3n) is 11.2. The van der Waals surface area contributed by atoms with Gasteiger partial charge in [-0.1, -0.05) is 0 Å². The number of benzene rings is 3. The van der Waals surface area contributed by atoms with Crippen molar-refractivity contribution < 1.29 is 17.1 Å². The minimum Gasteiger partial charge on any atom is -0.147 e. The molecule has 0 fully saturated rings. The quantitative estimate of drug-likeness (QED) is 0.152. The average molecular weight is 870 g/mol. The van der Waals surface area contributed by atoms with Crippen molar-refractivity contribution >= 4 is 47.2 Å². The summed E-state index contributed by atoms with van der Waals surface area (Å²) in [5.41, 5.74) is 16.2. The summed E-state index contributed by atoms with van der Waals surface area (Å²) < 4.78 is 5.10. The number of allylic oxidation sites excluding steroid dienone is 2. The van der Waals surface area contributed by atoms with E-state index in [4.69, 9.17) is 9.97 Å². The molecule has 7 rings (SSSR count). The maximum absolute atomic E-state index is 4.87. The summed E-state index contributed by atoms with van der Waals surface area (Å²) in [6.45, 7) is 16.6. The Bertz CT molecular complexity index is 2010. The Labute approximate surface area is 307 Å². The van der Waals surface area contributed by atoms with E-state index < -0.39 is 17.1 Å². The molecule has 0 radical (unpaired) electrons. The van der Waals surface area contributed by atoms with Crippen LogP contribution in [0.1, 0.15) is 94.1 Å². The number of nitrogens with zero attached hydrogens (tertiary/aromatic N) is 2. The molecule has 0 aliphatic heterocycles. The van der Waals surface area contributed by atoms with Gasteiger partial charge < -0.3 is 0 Å². The number of fused-ring (bicyclic) bond motifs is 2. The molecule has 2 unspecified atom stereocenters. The van der Waals surface area contributed by atoms with E-state index in [1.54, 1.807) is 3.32 Å². The molecule has 2 aliphatic rings. The van der Waals surface area contributed by atoms with Crippen molar-refractivity contribution in [2.75, 3.05) is 0 Å². The van der Waals surface area contributed by atoms with E-state index in [0.717, 1.165) is 11.4 Å². The third-order valence-corrected chi connectivity index (χ3v) is 45.4. The van der Waals surface area contributed by atoms with Crippen LogP contribution >= 0.6 is 24.8 Å². The van der Waals surface area contributed by atoms with Crippen LogP contribution < -0.4 is 3.32 Å². The number of hydrogen-bond acceptors (Lipinski definition) is 2. The van der Waals surface area contributed by atoms with E-state index in [1.807, 2.05) is 24.5 Å². The van der Waals surface area contributed by atoms with Crippen LogP contribution in [0.5, 0.6) is 0 Å². The van der Waals surface area contributed by atoms with E-state index >= 15 is 0 Å². The third kappa shape index (κ3) is 6.11. The van der Waals surface area contributed by atoms with Crippen LogP contribution in [0, 0.1) is 0 Å². The Morgan fingerprint density at radius 1 is 0.592 bits per heavy atom. The van der Waals surface area contributed by atoms with E-state index in [0.29, 0.717) is 19.2 Å². The van der Waals surface area contributed by atoms with E-state index in [2.05, 4.69) is 144 Å². The Balaban J connectivity index is 0.00000234. The van der Waals surface area contributed by atoms with Gasteiger partial charge in [-0.25, -0.2) is 0 Å². The first-order valence-electron chi connectivity index (χ1n) is 17.1. The molecule has 0 saturated heterocycles. The minimum absolute atomic E-state index is 0. The number of hydrogen-bond donors (Lipinski definition) is 0. The first-order chi connectivity index (χ1) is 22.5. The Morgan fingerprint density at radius 2 is 1.00 bits per heavy atom. The van der Waals surface area contributed by atoms with Gasteiger partial charge in [0.05, 0.1) is 0 Å². The van der Waals surface area contributed by atoms with Crippen LogP contribution in [-0.2, 0) is 17.1 Å². The number of pyridine rings is 2. The summed E-state index contributed by atoms with van der Waals surface area (Å²) in [6, 6.07) is 34.2. The molecule has 3 aromatic carbocycles. The normalized spacial score (nSPS) is 16.8. The molecule has 5 aromatic rings. The first-order valence-corrected chi connectivity index (χ1v) is 35.0. The molecule has 2 aromatic heterocycles. The molecule has 2 atom stereocenters. The monoisotopic (exact) mass is 870 g/mol. The van der Waals surface area contributed by atoms with Crippen molar-refractivity contribution in [3.63, 3.8) is 0 Å². The molecule has 0 saturated carbocycles. The summed E-state index contributed by atoms with van der Waals surface area (Å²) in [5.74, 6) is 0.838. The second-order valence-electron chi connectivity index (χ2n) is 15.1. The average Bonchev–Trinajstić information content (AvgIpc) is 3.61. The van der Waals surface area contributed by atoms with E-state index in [-0.39, 0.29) is 24.8 Å². The fourth-order valence-corrected chi connectivity index (χ4v) is 45.2. The van der Waals surface area contributed by atoms with Gasteiger partial charge in [0.2, 0.25) is 0 Å². The summed E-state index contributed by atoms with van der Waals surface area (Å²) in [6.07, 6.45) is 8.89. The smallest absolute Gasteiger partial charge is 0.147 e. The minimum atomic E-state index is -4.41. The van der Waals surface area contributed by atoms with E-state index in [1.165, 1.54) is 55.7 Å². The zero-order valence-corrected chi connectivity index (χ0v) is 36.3. The Hall–Kier alpha value is -2.89. The zero-order chi connectivity index (χ0) is 33.1. The maximum Gasteiger partial charge on any atom is -0.147 e. The van der Waals surface area contributed by atoms with Crippen LogP contribution in [0.4, 0.5) is 0 Å². The van der Waals surface area contributed by atoms with Gasteiger partial charge in [0, 0.05) is 0 Å². The predicted octanol–water partition coefficient (Wildman–Crippen LogP) is 11.1. The van der Waals surface area contributed by atoms with Gasteiger partial charge in [-0.15, -0.1) is 24.8 Å². The summed E-state index contributed by atoms with van der Waals surface area (Å²) in [4.78, 5) is 9.75. The van der Waals surface area contributed by atoms with Crippen molar-refractivity contribution in [3.05, 3.63) is 148 Å². The second-order valence-corrected chi connectivity index (χ2v) is 52.7. The van der Waals surface area contributed by atoms with Gasteiger partial charge in [-0.3, -0.25) is 0 Å². The predicted molar refractivity (Wildman–Crippen MR) is 215 cm³/mol. The maximum atomic E-state index is 4.87. The van der Waals surface area contributed by atoms with Crippen molar-refractivity contribution in [3.8, 4) is 22.5 Å². The van der Waals surface area contributed by atoms with E-state index in [9.17, 15) is 0 Å². The van der Waals surface area contributed by atoms with Crippen molar-refractivity contribution in [1.29, 1.82) is 0 Å². The molecule has 0 N–H and O–H groups in total. The number of halogens is 2. The van der Waals surface area contributed by atoms with Gasteiger partial charge in [-0.05, 0) is 0 Å². The van der Waals surface area contributed by atoms with Gasteiger partial charge >= 0.3 is 285 Å². The fourth-order valence-electron chi connectivity index (χ4n) is 8.99. The second kappa shape index (κ2) is 14.0. The number of rotatable bonds is 7. The molecule has 0 spiro atoms. The molecule has 0 amide bonds. The van der Waals surface area contributed by atoms with Crippen LogP contribution in [0.3, 0.4) is 0 Å². The molecule has 0 bridgehead atoms. The number of aromatic nitrogens is 2. The largest absolute Gasteiger partial charge is 0.147 e. The standard InChI is InChI=1S/2C18H18N.C6H5.CH3.2ClH.Hf.H2Si/c2*1-12(2)14-10-15-8-13(3)9-16(15)17(11-14)18-6-4-5-7-19-18;1-2-4-6-5-3-1;;;;;/h2*4-12H,1-3H3;1-5H;1H3;2*1H;;1H2. The molecule has 2 heterocycles. The molecule has 49 heavy (non-hydrogen) atoms. The Kier molecular flexibility index (Phi) is 10.7. The van der Waals surface area contributed by atoms with Crippen molar-refractivity contribution in [2.24, 2.45) is 0 Å². The van der Waals surface area contributed by atoms with Crippen LogP contribution in [0.15, 0.2) is 115 Å². The molecular formula is C43H48Cl2HfN2Si.